The second-order valence-electron chi connectivity index (χ2n) is 17.3. The van der Waals surface area contributed by atoms with Gasteiger partial charge in [0, 0.05) is 29.7 Å². The Morgan fingerprint density at radius 3 is 1.31 bits per heavy atom. The van der Waals surface area contributed by atoms with Gasteiger partial charge in [0.05, 0.1) is 42.8 Å². The standard InChI is InChI=1S/C56H60N8O6/c1-39(43-19-9-5-10-20-43)61(35-50(57)65)52(67)37-63(41(3)45-23-13-7-14-24-45)54(69)38-64(42(4)46-25-15-8-16-26-46)53(68)36-62(40(2)44-21-11-6-12-22-44)51(66)34-58-31-32-70-49-33-47-27-17-29-59-55(47)56-48(49)28-18-30-60-56/h5-30,33,39-42,58H,31-32,34-38H2,1-4H3,(H2,57,65)/t39-,40-,41-,42-/m0/s1. The van der Waals surface area contributed by atoms with Gasteiger partial charge in [0.2, 0.25) is 29.5 Å². The summed E-state index contributed by atoms with van der Waals surface area (Å²) >= 11 is 0. The number of rotatable bonds is 22. The van der Waals surface area contributed by atoms with Crippen molar-refractivity contribution in [1.29, 1.82) is 0 Å². The first-order valence-electron chi connectivity index (χ1n) is 23.5. The van der Waals surface area contributed by atoms with E-state index >= 15 is 9.59 Å². The van der Waals surface area contributed by atoms with E-state index in [1.807, 2.05) is 179 Å². The second kappa shape index (κ2) is 23.8. The molecule has 0 bridgehead atoms. The zero-order chi connectivity index (χ0) is 49.6. The molecule has 0 aliphatic heterocycles. The molecule has 0 radical (unpaired) electrons. The Kier molecular flexibility index (Phi) is 17.0. The van der Waals surface area contributed by atoms with Crippen LogP contribution in [0.4, 0.5) is 0 Å². The van der Waals surface area contributed by atoms with E-state index < -0.39 is 60.9 Å². The predicted octanol–water partition coefficient (Wildman–Crippen LogP) is 7.60. The summed E-state index contributed by atoms with van der Waals surface area (Å²) < 4.78 is 6.24. The third kappa shape index (κ3) is 12.4. The third-order valence-corrected chi connectivity index (χ3v) is 12.8. The van der Waals surface area contributed by atoms with Gasteiger partial charge in [-0.2, -0.15) is 0 Å². The molecule has 0 aliphatic carbocycles. The average Bonchev–Trinajstić information content (AvgIpc) is 3.40. The number of primary amides is 1. The predicted molar refractivity (Wildman–Crippen MR) is 271 cm³/mol. The van der Waals surface area contributed by atoms with E-state index in [1.165, 1.54) is 19.6 Å². The number of hydrogen-bond acceptors (Lipinski definition) is 9. The Labute approximate surface area is 409 Å². The van der Waals surface area contributed by atoms with Crippen molar-refractivity contribution in [1.82, 2.24) is 34.9 Å². The van der Waals surface area contributed by atoms with Crippen molar-refractivity contribution >= 4 is 51.3 Å². The van der Waals surface area contributed by atoms with Crippen LogP contribution in [0.15, 0.2) is 164 Å². The van der Waals surface area contributed by atoms with Gasteiger partial charge >= 0.3 is 0 Å². The number of fused-ring (bicyclic) bond motifs is 3. The molecule has 3 N–H and O–H groups in total. The molecule has 0 saturated carbocycles. The SMILES string of the molecule is C[C@@H](c1ccccc1)N(CC(N)=O)C(=O)CN(C(=O)CN(C(=O)CN(C(=O)CNCCOc1cc2cccnc2c2ncccc12)[C@@H](C)c1ccccc1)[C@@H](C)c1ccccc1)[C@@H](C)c1ccccc1. The monoisotopic (exact) mass is 940 g/mol. The molecule has 0 unspecified atom stereocenters. The lowest BCUT2D eigenvalue weighted by Gasteiger charge is -2.37. The van der Waals surface area contributed by atoms with Crippen molar-refractivity contribution in [3.63, 3.8) is 0 Å². The van der Waals surface area contributed by atoms with Gasteiger partial charge in [0.25, 0.3) is 0 Å². The normalized spacial score (nSPS) is 12.9. The highest BCUT2D eigenvalue weighted by atomic mass is 16.5. The van der Waals surface area contributed by atoms with E-state index in [1.54, 1.807) is 12.4 Å². The summed E-state index contributed by atoms with van der Waals surface area (Å²) in [5, 5.41) is 4.94. The number of ether oxygens (including phenoxy) is 1. The first-order valence-corrected chi connectivity index (χ1v) is 23.5. The summed E-state index contributed by atoms with van der Waals surface area (Å²) in [4.78, 5) is 86.2. The molecule has 0 saturated heterocycles. The van der Waals surface area contributed by atoms with E-state index in [0.29, 0.717) is 12.3 Å². The van der Waals surface area contributed by atoms with Crippen molar-refractivity contribution < 1.29 is 28.7 Å². The zero-order valence-corrected chi connectivity index (χ0v) is 40.1. The van der Waals surface area contributed by atoms with Crippen LogP contribution in [0.25, 0.3) is 21.8 Å². The number of benzene rings is 5. The number of nitrogens with zero attached hydrogens (tertiary/aromatic N) is 6. The molecule has 0 aliphatic rings. The van der Waals surface area contributed by atoms with Crippen LogP contribution in [-0.2, 0) is 24.0 Å². The fourth-order valence-electron chi connectivity index (χ4n) is 8.68. The maximum atomic E-state index is 15.0. The number of amides is 5. The summed E-state index contributed by atoms with van der Waals surface area (Å²) in [6, 6.07) is 44.6. The Morgan fingerprint density at radius 2 is 0.886 bits per heavy atom. The maximum Gasteiger partial charge on any atom is 0.243 e. The van der Waals surface area contributed by atoms with E-state index in [2.05, 4.69) is 15.3 Å². The molecule has 70 heavy (non-hydrogen) atoms. The van der Waals surface area contributed by atoms with Crippen LogP contribution in [0.3, 0.4) is 0 Å². The number of carbonyl (C=O) groups is 5. The van der Waals surface area contributed by atoms with Crippen LogP contribution in [0.5, 0.6) is 5.75 Å². The molecule has 5 amide bonds. The molecule has 7 aromatic rings. The van der Waals surface area contributed by atoms with Gasteiger partial charge in [-0.1, -0.05) is 127 Å². The molecule has 4 atom stereocenters. The summed E-state index contributed by atoms with van der Waals surface area (Å²) in [5.41, 5.74) is 10.4. The maximum absolute atomic E-state index is 15.0. The van der Waals surface area contributed by atoms with Gasteiger partial charge in [-0.05, 0) is 74.2 Å². The summed E-state index contributed by atoms with van der Waals surface area (Å²) in [7, 11) is 0. The van der Waals surface area contributed by atoms with Crippen molar-refractivity contribution in [2.45, 2.75) is 51.9 Å². The van der Waals surface area contributed by atoms with Crippen LogP contribution in [0.2, 0.25) is 0 Å². The Hall–Kier alpha value is -7.97. The number of nitrogens with one attached hydrogen (secondary N) is 1. The molecular formula is C56H60N8O6. The topological polar surface area (TPSA) is 171 Å². The quantitative estimate of drug-likeness (QED) is 0.0513. The van der Waals surface area contributed by atoms with E-state index in [4.69, 9.17) is 10.5 Å². The van der Waals surface area contributed by atoms with Crippen molar-refractivity contribution in [3.05, 3.63) is 186 Å². The second-order valence-corrected chi connectivity index (χ2v) is 17.3. The first-order chi connectivity index (χ1) is 33.9. The molecule has 14 nitrogen and oxygen atoms in total. The minimum absolute atomic E-state index is 0.0986. The highest BCUT2D eigenvalue weighted by Crippen LogP contribution is 2.31. The van der Waals surface area contributed by atoms with Crippen LogP contribution in [0, 0.1) is 0 Å². The molecule has 2 heterocycles. The van der Waals surface area contributed by atoms with Crippen LogP contribution in [0.1, 0.15) is 74.1 Å². The highest BCUT2D eigenvalue weighted by molar-refractivity contribution is 6.05. The Balaban J connectivity index is 1.12. The largest absolute Gasteiger partial charge is 0.492 e. The van der Waals surface area contributed by atoms with Gasteiger partial charge in [-0.25, -0.2) is 0 Å². The molecule has 5 aromatic carbocycles. The lowest BCUT2D eigenvalue weighted by atomic mass is 10.0. The van der Waals surface area contributed by atoms with E-state index in [0.717, 1.165) is 44.1 Å². The Bertz CT molecular complexity index is 2870. The average molecular weight is 941 g/mol. The van der Waals surface area contributed by atoms with Crippen molar-refractivity contribution in [2.24, 2.45) is 5.73 Å². The van der Waals surface area contributed by atoms with Gasteiger partial charge in [-0.15, -0.1) is 0 Å². The van der Waals surface area contributed by atoms with Gasteiger partial charge in [0.1, 0.15) is 37.5 Å². The minimum atomic E-state index is -0.698. The summed E-state index contributed by atoms with van der Waals surface area (Å²) in [6.07, 6.45) is 3.46. The van der Waals surface area contributed by atoms with E-state index in [9.17, 15) is 14.4 Å². The van der Waals surface area contributed by atoms with Gasteiger partial charge < -0.3 is 35.4 Å². The van der Waals surface area contributed by atoms with E-state index in [-0.39, 0.29) is 32.1 Å². The van der Waals surface area contributed by atoms with Crippen molar-refractivity contribution in [2.75, 3.05) is 45.9 Å². The lowest BCUT2D eigenvalue weighted by Crippen LogP contribution is -2.52. The summed E-state index contributed by atoms with van der Waals surface area (Å²) in [6.45, 7) is 6.26. The Morgan fingerprint density at radius 1 is 0.500 bits per heavy atom. The molecule has 0 fully saturated rings. The smallest absolute Gasteiger partial charge is 0.243 e. The number of nitrogens with two attached hydrogens (primary N) is 1. The van der Waals surface area contributed by atoms with Crippen LogP contribution < -0.4 is 15.8 Å². The third-order valence-electron chi connectivity index (χ3n) is 12.8. The number of aromatic nitrogens is 2. The lowest BCUT2D eigenvalue weighted by molar-refractivity contribution is -0.150. The molecule has 360 valence electrons. The number of hydrogen-bond donors (Lipinski definition) is 2. The number of pyridine rings is 2. The molecular weight excluding hydrogens is 881 g/mol. The molecule has 7 rings (SSSR count). The summed E-state index contributed by atoms with van der Waals surface area (Å²) in [5.74, 6) is -1.85. The molecule has 14 heteroatoms. The van der Waals surface area contributed by atoms with Gasteiger partial charge in [0.15, 0.2) is 0 Å². The van der Waals surface area contributed by atoms with Crippen LogP contribution in [-0.4, -0.2) is 105 Å². The number of carbonyl (C=O) groups excluding carboxylic acids is 5. The molecule has 0 spiro atoms. The highest BCUT2D eigenvalue weighted by Gasteiger charge is 2.34. The van der Waals surface area contributed by atoms with Crippen molar-refractivity contribution in [3.8, 4) is 5.75 Å². The first kappa shape index (κ1) is 49.9. The van der Waals surface area contributed by atoms with Gasteiger partial charge in [-0.3, -0.25) is 33.9 Å². The fourth-order valence-corrected chi connectivity index (χ4v) is 8.68. The zero-order valence-electron chi connectivity index (χ0n) is 40.1. The molecule has 2 aromatic heterocycles. The minimum Gasteiger partial charge on any atom is -0.492 e. The van der Waals surface area contributed by atoms with Crippen LogP contribution >= 0.6 is 0 Å². The fraction of sp³-hybridized carbons (Fsp3) is 0.268.